The average molecular weight is 357 g/mol. The molecular formula is C24H36S. The van der Waals surface area contributed by atoms with Crippen LogP contribution < -0.4 is 0 Å². The van der Waals surface area contributed by atoms with Crippen LogP contribution in [0.3, 0.4) is 0 Å². The van der Waals surface area contributed by atoms with E-state index in [-0.39, 0.29) is 5.41 Å². The Morgan fingerprint density at radius 2 is 1.72 bits per heavy atom. The van der Waals surface area contributed by atoms with Crippen molar-refractivity contribution in [1.29, 1.82) is 0 Å². The first-order chi connectivity index (χ1) is 11.5. The van der Waals surface area contributed by atoms with Crippen LogP contribution in [0.1, 0.15) is 82.7 Å². The number of hydrogen-bond donors (Lipinski definition) is 1. The van der Waals surface area contributed by atoms with Gasteiger partial charge >= 0.3 is 0 Å². The third kappa shape index (κ3) is 3.72. The first kappa shape index (κ1) is 19.1. The average Bonchev–Trinajstić information content (AvgIpc) is 2.65. The Labute approximate surface area is 160 Å². The molecule has 1 aromatic rings. The van der Waals surface area contributed by atoms with Crippen LogP contribution >= 0.6 is 12.6 Å². The second-order valence-electron chi connectivity index (χ2n) is 10.3. The lowest BCUT2D eigenvalue weighted by molar-refractivity contribution is 0.285. The molecule has 0 N–H and O–H groups in total. The molecule has 0 saturated heterocycles. The molecule has 0 amide bonds. The van der Waals surface area contributed by atoms with Gasteiger partial charge in [-0.1, -0.05) is 53.2 Å². The van der Waals surface area contributed by atoms with Crippen LogP contribution in [-0.4, -0.2) is 0 Å². The van der Waals surface area contributed by atoms with Gasteiger partial charge in [-0.15, -0.1) is 12.6 Å². The predicted octanol–water partition coefficient (Wildman–Crippen LogP) is 6.76. The first-order valence-corrected chi connectivity index (χ1v) is 10.5. The fourth-order valence-electron chi connectivity index (χ4n) is 5.70. The minimum atomic E-state index is 0.224. The van der Waals surface area contributed by atoms with E-state index in [0.29, 0.717) is 5.41 Å². The van der Waals surface area contributed by atoms with Crippen molar-refractivity contribution in [2.75, 3.05) is 0 Å². The molecule has 1 atom stereocenters. The molecule has 3 rings (SSSR count). The van der Waals surface area contributed by atoms with E-state index in [1.165, 1.54) is 29.7 Å². The van der Waals surface area contributed by atoms with Crippen molar-refractivity contribution in [1.82, 2.24) is 0 Å². The Hall–Kier alpha value is -0.690. The zero-order valence-corrected chi connectivity index (χ0v) is 18.2. The third-order valence-corrected chi connectivity index (χ3v) is 6.76. The zero-order valence-electron chi connectivity index (χ0n) is 17.3. The predicted molar refractivity (Wildman–Crippen MR) is 113 cm³/mol. The molecule has 1 unspecified atom stereocenters. The van der Waals surface area contributed by atoms with Gasteiger partial charge in [-0.2, -0.15) is 0 Å². The molecule has 0 bridgehead atoms. The number of fused-ring (bicyclic) bond motifs is 2. The van der Waals surface area contributed by atoms with Crippen LogP contribution in [0, 0.1) is 16.7 Å². The highest BCUT2D eigenvalue weighted by atomic mass is 32.1. The topological polar surface area (TPSA) is 0 Å². The van der Waals surface area contributed by atoms with Gasteiger partial charge < -0.3 is 0 Å². The molecule has 0 nitrogen and oxygen atoms in total. The largest absolute Gasteiger partial charge is 0.143 e. The third-order valence-electron chi connectivity index (χ3n) is 6.22. The summed E-state index contributed by atoms with van der Waals surface area (Å²) < 4.78 is 0. The Morgan fingerprint density at radius 3 is 2.36 bits per heavy atom. The maximum absolute atomic E-state index is 5.15. The summed E-state index contributed by atoms with van der Waals surface area (Å²) in [6, 6.07) is 0. The van der Waals surface area contributed by atoms with Crippen LogP contribution in [0.5, 0.6) is 0 Å². The number of rotatable bonds is 1. The lowest BCUT2D eigenvalue weighted by Crippen LogP contribution is -2.18. The second kappa shape index (κ2) is 6.48. The van der Waals surface area contributed by atoms with E-state index in [9.17, 15) is 0 Å². The van der Waals surface area contributed by atoms with Crippen LogP contribution in [0.4, 0.5) is 0 Å². The van der Waals surface area contributed by atoms with Gasteiger partial charge in [0.1, 0.15) is 0 Å². The molecule has 138 valence electrons. The molecule has 25 heavy (non-hydrogen) atoms. The molecule has 0 heterocycles. The van der Waals surface area contributed by atoms with Crippen molar-refractivity contribution < 1.29 is 0 Å². The van der Waals surface area contributed by atoms with Crippen molar-refractivity contribution in [3.05, 3.63) is 39.5 Å². The smallest absolute Gasteiger partial charge is 0.0110 e. The number of allylic oxidation sites excluding steroid dienone is 2. The van der Waals surface area contributed by atoms with Gasteiger partial charge in [0.05, 0.1) is 0 Å². The molecule has 0 aliphatic heterocycles. The van der Waals surface area contributed by atoms with E-state index < -0.39 is 0 Å². The number of hydrogen-bond acceptors (Lipinski definition) is 1. The van der Waals surface area contributed by atoms with E-state index in [4.69, 9.17) is 12.6 Å². The summed E-state index contributed by atoms with van der Waals surface area (Å²) in [4.78, 5) is 1.32. The fourth-order valence-corrected chi connectivity index (χ4v) is 6.14. The summed E-state index contributed by atoms with van der Waals surface area (Å²) in [5.74, 6) is 0.739. The summed E-state index contributed by atoms with van der Waals surface area (Å²) >= 11 is 5.15. The second-order valence-corrected chi connectivity index (χ2v) is 10.7. The van der Waals surface area contributed by atoms with Gasteiger partial charge in [-0.25, -0.2) is 0 Å². The zero-order chi connectivity index (χ0) is 18.6. The van der Waals surface area contributed by atoms with Gasteiger partial charge in [0.15, 0.2) is 0 Å². The molecule has 1 heteroatoms. The Morgan fingerprint density at radius 1 is 1.04 bits per heavy atom. The van der Waals surface area contributed by atoms with E-state index in [2.05, 4.69) is 54.5 Å². The molecule has 0 spiro atoms. The molecule has 0 radical (unpaired) electrons. The monoisotopic (exact) mass is 356 g/mol. The lowest BCUT2D eigenvalue weighted by atomic mass is 9.78. The highest BCUT2D eigenvalue weighted by Gasteiger charge is 2.33. The molecule has 2 aliphatic rings. The molecule has 0 fully saturated rings. The first-order valence-electron chi connectivity index (χ1n) is 10.1. The Balaban J connectivity index is 2.28. The van der Waals surface area contributed by atoms with Gasteiger partial charge in [-0.05, 0) is 90.0 Å². The molecule has 0 aromatic heterocycles. The van der Waals surface area contributed by atoms with Crippen molar-refractivity contribution in [2.45, 2.75) is 91.9 Å². The molecule has 2 aliphatic carbocycles. The standard InChI is InChI=1S/C24H36S/c1-8-17-18-9-15(2)11-24(6,7)14-21(18)22(25)19-10-16(3)12-23(4,5)13-20(17)19/h11,16,25H,8-10,12-14H2,1-7H3. The Kier molecular flexibility index (Phi) is 4.95. The van der Waals surface area contributed by atoms with Crippen molar-refractivity contribution in [2.24, 2.45) is 16.7 Å². The van der Waals surface area contributed by atoms with Gasteiger partial charge in [0.2, 0.25) is 0 Å². The van der Waals surface area contributed by atoms with Crippen molar-refractivity contribution in [3.8, 4) is 0 Å². The van der Waals surface area contributed by atoms with Gasteiger partial charge in [0.25, 0.3) is 0 Å². The minimum Gasteiger partial charge on any atom is -0.143 e. The minimum absolute atomic E-state index is 0.224. The highest BCUT2D eigenvalue weighted by Crippen LogP contribution is 2.45. The molecular weight excluding hydrogens is 320 g/mol. The fraction of sp³-hybridized carbons (Fsp3) is 0.667. The van der Waals surface area contributed by atoms with E-state index in [1.807, 2.05) is 0 Å². The SMILES string of the molecule is CCc1c2c(c(S)c3c1CC(C)(C)CC(C)C3)CC(C)(C)C=C(C)C2. The van der Waals surface area contributed by atoms with Crippen molar-refractivity contribution in [3.63, 3.8) is 0 Å². The highest BCUT2D eigenvalue weighted by molar-refractivity contribution is 7.80. The van der Waals surface area contributed by atoms with E-state index in [0.717, 1.165) is 25.2 Å². The normalized spacial score (nSPS) is 24.6. The number of benzene rings is 1. The maximum Gasteiger partial charge on any atom is 0.0110 e. The summed E-state index contributed by atoms with van der Waals surface area (Å²) in [5, 5.41) is 0. The summed E-state index contributed by atoms with van der Waals surface area (Å²) in [6.07, 6.45) is 9.60. The summed E-state index contributed by atoms with van der Waals surface area (Å²) in [7, 11) is 0. The van der Waals surface area contributed by atoms with Crippen LogP contribution in [-0.2, 0) is 32.1 Å². The van der Waals surface area contributed by atoms with Crippen LogP contribution in [0.2, 0.25) is 0 Å². The van der Waals surface area contributed by atoms with E-state index >= 15 is 0 Å². The molecule has 1 aromatic carbocycles. The summed E-state index contributed by atoms with van der Waals surface area (Å²) in [5.41, 5.74) is 10.2. The lowest BCUT2D eigenvalue weighted by Gasteiger charge is -2.28. The number of thiol groups is 1. The van der Waals surface area contributed by atoms with Gasteiger partial charge in [0, 0.05) is 4.90 Å². The van der Waals surface area contributed by atoms with Crippen molar-refractivity contribution >= 4 is 12.6 Å². The van der Waals surface area contributed by atoms with Gasteiger partial charge in [-0.3, -0.25) is 0 Å². The Bertz CT molecular complexity index is 718. The molecule has 0 saturated carbocycles. The maximum atomic E-state index is 5.15. The summed E-state index contributed by atoms with van der Waals surface area (Å²) in [6.45, 7) is 16.8. The van der Waals surface area contributed by atoms with Crippen LogP contribution in [0.25, 0.3) is 0 Å². The van der Waals surface area contributed by atoms with E-state index in [1.54, 1.807) is 27.8 Å². The van der Waals surface area contributed by atoms with Crippen LogP contribution in [0.15, 0.2) is 16.5 Å². The quantitative estimate of drug-likeness (QED) is 0.321.